The number of benzene rings is 1. The van der Waals surface area contributed by atoms with E-state index in [4.69, 9.17) is 16.3 Å². The Morgan fingerprint density at radius 1 is 1.26 bits per heavy atom. The van der Waals surface area contributed by atoms with Crippen LogP contribution < -0.4 is 10.1 Å². The minimum Gasteiger partial charge on any atom is -0.496 e. The molecular formula is C15H18ClNOS. The molecule has 1 N–H and O–H groups in total. The highest BCUT2D eigenvalue weighted by Gasteiger charge is 2.07. The van der Waals surface area contributed by atoms with Crippen molar-refractivity contribution in [3.05, 3.63) is 40.2 Å². The molecular weight excluding hydrogens is 278 g/mol. The molecule has 0 unspecified atom stereocenters. The highest BCUT2D eigenvalue weighted by Crippen LogP contribution is 2.33. The van der Waals surface area contributed by atoms with E-state index in [1.165, 1.54) is 16.0 Å². The predicted molar refractivity (Wildman–Crippen MR) is 83.3 cm³/mol. The van der Waals surface area contributed by atoms with Gasteiger partial charge in [-0.15, -0.1) is 11.3 Å². The maximum absolute atomic E-state index is 5.99. The number of halogens is 1. The quantitative estimate of drug-likeness (QED) is 0.788. The fraction of sp³-hybridized carbons (Fsp3) is 0.333. The first-order valence-electron chi connectivity index (χ1n) is 6.38. The third-order valence-electron chi connectivity index (χ3n) is 2.88. The molecule has 0 saturated heterocycles. The molecule has 2 aromatic rings. The zero-order valence-electron chi connectivity index (χ0n) is 11.2. The lowest BCUT2D eigenvalue weighted by atomic mass is 10.1. The van der Waals surface area contributed by atoms with Gasteiger partial charge < -0.3 is 10.1 Å². The first kappa shape index (κ1) is 14.4. The van der Waals surface area contributed by atoms with Crippen molar-refractivity contribution in [3.63, 3.8) is 0 Å². The molecule has 1 aromatic carbocycles. The maximum Gasteiger partial charge on any atom is 0.123 e. The molecule has 102 valence electrons. The van der Waals surface area contributed by atoms with E-state index >= 15 is 0 Å². The van der Waals surface area contributed by atoms with Gasteiger partial charge in [-0.05, 0) is 48.9 Å². The van der Waals surface area contributed by atoms with Crippen molar-refractivity contribution in [1.29, 1.82) is 0 Å². The Morgan fingerprint density at radius 3 is 2.74 bits per heavy atom. The number of hydrogen-bond donors (Lipinski definition) is 1. The van der Waals surface area contributed by atoms with E-state index in [-0.39, 0.29) is 0 Å². The minimum atomic E-state index is 0.816. The highest BCUT2D eigenvalue weighted by molar-refractivity contribution is 7.19. The summed E-state index contributed by atoms with van der Waals surface area (Å²) >= 11 is 7.59. The second kappa shape index (κ2) is 6.94. The normalized spacial score (nSPS) is 10.7. The number of thiophene rings is 1. The molecule has 19 heavy (non-hydrogen) atoms. The maximum atomic E-state index is 5.99. The summed E-state index contributed by atoms with van der Waals surface area (Å²) in [6, 6.07) is 10.2. The summed E-state index contributed by atoms with van der Waals surface area (Å²) in [5.74, 6) is 0.926. The molecule has 0 saturated carbocycles. The molecule has 0 aliphatic rings. The topological polar surface area (TPSA) is 21.3 Å². The van der Waals surface area contributed by atoms with Crippen LogP contribution in [0.3, 0.4) is 0 Å². The molecule has 0 fully saturated rings. The van der Waals surface area contributed by atoms with Gasteiger partial charge in [0.15, 0.2) is 0 Å². The molecule has 4 heteroatoms. The van der Waals surface area contributed by atoms with Crippen LogP contribution in [0.5, 0.6) is 5.75 Å². The summed E-state index contributed by atoms with van der Waals surface area (Å²) in [5.41, 5.74) is 2.36. The van der Waals surface area contributed by atoms with Gasteiger partial charge in [0.05, 0.1) is 11.4 Å². The molecule has 0 spiro atoms. The number of ether oxygens (including phenoxy) is 1. The van der Waals surface area contributed by atoms with Crippen LogP contribution in [-0.4, -0.2) is 13.7 Å². The van der Waals surface area contributed by atoms with Gasteiger partial charge in [0.25, 0.3) is 0 Å². The summed E-state index contributed by atoms with van der Waals surface area (Å²) in [4.78, 5) is 1.18. The van der Waals surface area contributed by atoms with E-state index in [0.29, 0.717) is 0 Å². The van der Waals surface area contributed by atoms with Crippen LogP contribution in [0.4, 0.5) is 0 Å². The summed E-state index contributed by atoms with van der Waals surface area (Å²) < 4.78 is 6.23. The lowest BCUT2D eigenvalue weighted by Crippen LogP contribution is -2.14. The predicted octanol–water partition coefficient (Wildman–Crippen LogP) is 4.58. The molecule has 2 nitrogen and oxygen atoms in total. The zero-order chi connectivity index (χ0) is 13.7. The summed E-state index contributed by atoms with van der Waals surface area (Å²) in [6.45, 7) is 4.00. The van der Waals surface area contributed by atoms with Gasteiger partial charge in [-0.1, -0.05) is 18.5 Å². The van der Waals surface area contributed by atoms with E-state index in [9.17, 15) is 0 Å². The summed E-state index contributed by atoms with van der Waals surface area (Å²) in [6.07, 6.45) is 1.13. The van der Waals surface area contributed by atoms with Gasteiger partial charge in [0.2, 0.25) is 0 Å². The van der Waals surface area contributed by atoms with E-state index in [1.54, 1.807) is 18.4 Å². The lowest BCUT2D eigenvalue weighted by molar-refractivity contribution is 0.408. The fourth-order valence-electron chi connectivity index (χ4n) is 1.94. The van der Waals surface area contributed by atoms with Crippen molar-refractivity contribution in [2.24, 2.45) is 0 Å². The van der Waals surface area contributed by atoms with E-state index in [1.807, 2.05) is 12.1 Å². The van der Waals surface area contributed by atoms with Gasteiger partial charge in [-0.2, -0.15) is 0 Å². The SMILES string of the molecule is CCCNCc1cc(-c2ccc(Cl)s2)ccc1OC. The van der Waals surface area contributed by atoms with Crippen molar-refractivity contribution in [2.75, 3.05) is 13.7 Å². The van der Waals surface area contributed by atoms with Crippen molar-refractivity contribution >= 4 is 22.9 Å². The lowest BCUT2D eigenvalue weighted by Gasteiger charge is -2.11. The zero-order valence-corrected chi connectivity index (χ0v) is 12.8. The van der Waals surface area contributed by atoms with Crippen LogP contribution >= 0.6 is 22.9 Å². The molecule has 1 heterocycles. The average Bonchev–Trinajstić information content (AvgIpc) is 2.85. The van der Waals surface area contributed by atoms with Crippen LogP contribution in [0, 0.1) is 0 Å². The van der Waals surface area contributed by atoms with Crippen molar-refractivity contribution in [2.45, 2.75) is 19.9 Å². The monoisotopic (exact) mass is 295 g/mol. The molecule has 0 aliphatic carbocycles. The van der Waals surface area contributed by atoms with Crippen LogP contribution in [0.25, 0.3) is 10.4 Å². The van der Waals surface area contributed by atoms with Crippen LogP contribution in [0.2, 0.25) is 4.34 Å². The average molecular weight is 296 g/mol. The fourth-order valence-corrected chi connectivity index (χ4v) is 2.98. The molecule has 2 rings (SSSR count). The van der Waals surface area contributed by atoms with E-state index in [0.717, 1.165) is 29.6 Å². The minimum absolute atomic E-state index is 0.816. The van der Waals surface area contributed by atoms with Crippen LogP contribution in [0.1, 0.15) is 18.9 Å². The van der Waals surface area contributed by atoms with Gasteiger partial charge in [0, 0.05) is 17.0 Å². The Balaban J connectivity index is 2.24. The second-order valence-electron chi connectivity index (χ2n) is 4.31. The largest absolute Gasteiger partial charge is 0.496 e. The molecule has 0 atom stereocenters. The van der Waals surface area contributed by atoms with Gasteiger partial charge in [-0.25, -0.2) is 0 Å². The standard InChI is InChI=1S/C15H18ClNOS/c1-3-8-17-10-12-9-11(4-5-13(12)18-2)14-6-7-15(16)19-14/h4-7,9,17H,3,8,10H2,1-2H3. The van der Waals surface area contributed by atoms with Crippen molar-refractivity contribution in [3.8, 4) is 16.2 Å². The second-order valence-corrected chi connectivity index (χ2v) is 6.02. The molecule has 0 amide bonds. The number of nitrogens with one attached hydrogen (secondary N) is 1. The third kappa shape index (κ3) is 3.72. The molecule has 0 bridgehead atoms. The van der Waals surface area contributed by atoms with Crippen molar-refractivity contribution < 1.29 is 4.74 Å². The third-order valence-corrected chi connectivity index (χ3v) is 4.16. The Bertz CT molecular complexity index is 539. The number of hydrogen-bond acceptors (Lipinski definition) is 3. The first-order chi connectivity index (χ1) is 9.24. The number of rotatable bonds is 6. The van der Waals surface area contributed by atoms with Gasteiger partial charge in [-0.3, -0.25) is 0 Å². The Kier molecular flexibility index (Phi) is 5.25. The van der Waals surface area contributed by atoms with E-state index in [2.05, 4.69) is 30.4 Å². The molecule has 0 radical (unpaired) electrons. The number of methoxy groups -OCH3 is 1. The Morgan fingerprint density at radius 2 is 2.11 bits per heavy atom. The Hall–Kier alpha value is -1.03. The summed E-state index contributed by atoms with van der Waals surface area (Å²) in [7, 11) is 1.71. The van der Waals surface area contributed by atoms with Crippen molar-refractivity contribution in [1.82, 2.24) is 5.32 Å². The van der Waals surface area contributed by atoms with Gasteiger partial charge in [0.1, 0.15) is 5.75 Å². The van der Waals surface area contributed by atoms with Crippen LogP contribution in [0.15, 0.2) is 30.3 Å². The molecule has 1 aromatic heterocycles. The van der Waals surface area contributed by atoms with Crippen LogP contribution in [-0.2, 0) is 6.54 Å². The van der Waals surface area contributed by atoms with E-state index < -0.39 is 0 Å². The Labute approximate surface area is 123 Å². The first-order valence-corrected chi connectivity index (χ1v) is 7.57. The summed E-state index contributed by atoms with van der Waals surface area (Å²) in [5, 5.41) is 3.41. The smallest absolute Gasteiger partial charge is 0.123 e. The molecule has 0 aliphatic heterocycles. The van der Waals surface area contributed by atoms with Gasteiger partial charge >= 0.3 is 0 Å². The highest BCUT2D eigenvalue weighted by atomic mass is 35.5.